The van der Waals surface area contributed by atoms with Gasteiger partial charge in [-0.2, -0.15) is 13.2 Å². The van der Waals surface area contributed by atoms with E-state index in [1.165, 1.54) is 14.2 Å². The fraction of sp³-hybridized carbons (Fsp3) is 0.500. The Labute approximate surface area is 104 Å². The van der Waals surface area contributed by atoms with Crippen molar-refractivity contribution in [2.45, 2.75) is 25.1 Å². The molecule has 1 aromatic rings. The van der Waals surface area contributed by atoms with E-state index in [0.29, 0.717) is 17.1 Å². The van der Waals surface area contributed by atoms with Crippen LogP contribution in [0.1, 0.15) is 12.0 Å². The van der Waals surface area contributed by atoms with Crippen molar-refractivity contribution in [3.05, 3.63) is 23.8 Å². The van der Waals surface area contributed by atoms with Crippen LogP contribution >= 0.6 is 0 Å². The standard InChI is InChI=1S/C12H16F3NO2/c1-17-10-4-3-8(6-11(10)18-2)5-9(16)7-12(13,14)15/h3-4,6,9H,5,7,16H2,1-2H3/t9-/m0/s1. The molecule has 0 aliphatic carbocycles. The highest BCUT2D eigenvalue weighted by Gasteiger charge is 2.30. The minimum absolute atomic E-state index is 0.139. The number of hydrogen-bond donors (Lipinski definition) is 1. The summed E-state index contributed by atoms with van der Waals surface area (Å²) in [4.78, 5) is 0. The molecule has 0 aliphatic rings. The fourth-order valence-electron chi connectivity index (χ4n) is 1.68. The molecule has 2 N–H and O–H groups in total. The van der Waals surface area contributed by atoms with Crippen LogP contribution < -0.4 is 15.2 Å². The number of ether oxygens (including phenoxy) is 2. The zero-order chi connectivity index (χ0) is 13.8. The van der Waals surface area contributed by atoms with Crippen molar-refractivity contribution in [2.24, 2.45) is 5.73 Å². The van der Waals surface area contributed by atoms with Gasteiger partial charge in [0.15, 0.2) is 11.5 Å². The highest BCUT2D eigenvalue weighted by Crippen LogP contribution is 2.29. The number of hydrogen-bond acceptors (Lipinski definition) is 3. The molecule has 3 nitrogen and oxygen atoms in total. The van der Waals surface area contributed by atoms with Crippen molar-refractivity contribution in [3.63, 3.8) is 0 Å². The molecule has 0 fully saturated rings. The van der Waals surface area contributed by atoms with Gasteiger partial charge in [0.05, 0.1) is 20.6 Å². The van der Waals surface area contributed by atoms with Crippen molar-refractivity contribution >= 4 is 0 Å². The maximum atomic E-state index is 12.1. The van der Waals surface area contributed by atoms with E-state index in [4.69, 9.17) is 15.2 Å². The van der Waals surface area contributed by atoms with Crippen LogP contribution in [-0.2, 0) is 6.42 Å². The second-order valence-electron chi connectivity index (χ2n) is 3.97. The Morgan fingerprint density at radius 3 is 2.28 bits per heavy atom. The number of methoxy groups -OCH3 is 2. The molecule has 1 aromatic carbocycles. The summed E-state index contributed by atoms with van der Waals surface area (Å²) in [6.45, 7) is 0. The van der Waals surface area contributed by atoms with Crippen LogP contribution in [-0.4, -0.2) is 26.4 Å². The Morgan fingerprint density at radius 1 is 1.17 bits per heavy atom. The average Bonchev–Trinajstić information content (AvgIpc) is 2.26. The molecule has 102 valence electrons. The topological polar surface area (TPSA) is 44.5 Å². The minimum Gasteiger partial charge on any atom is -0.493 e. The Kier molecular flexibility index (Phi) is 4.84. The summed E-state index contributed by atoms with van der Waals surface area (Å²) >= 11 is 0. The third-order valence-electron chi connectivity index (χ3n) is 2.44. The van der Waals surface area contributed by atoms with Crippen LogP contribution in [0.25, 0.3) is 0 Å². The van der Waals surface area contributed by atoms with Crippen LogP contribution in [0.5, 0.6) is 11.5 Å². The average molecular weight is 263 g/mol. The number of benzene rings is 1. The molecule has 0 heterocycles. The van der Waals surface area contributed by atoms with E-state index in [-0.39, 0.29) is 6.42 Å². The lowest BCUT2D eigenvalue weighted by atomic mass is 10.0. The van der Waals surface area contributed by atoms with E-state index in [1.807, 2.05) is 0 Å². The summed E-state index contributed by atoms with van der Waals surface area (Å²) in [6.07, 6.45) is -5.10. The molecule has 18 heavy (non-hydrogen) atoms. The van der Waals surface area contributed by atoms with Gasteiger partial charge in [-0.05, 0) is 24.1 Å². The fourth-order valence-corrected chi connectivity index (χ4v) is 1.68. The van der Waals surface area contributed by atoms with Crippen LogP contribution in [0.3, 0.4) is 0 Å². The number of halogens is 3. The Hall–Kier alpha value is -1.43. The summed E-state index contributed by atoms with van der Waals surface area (Å²) in [5.41, 5.74) is 6.15. The molecular weight excluding hydrogens is 247 g/mol. The van der Waals surface area contributed by atoms with Gasteiger partial charge in [-0.1, -0.05) is 6.07 Å². The lowest BCUT2D eigenvalue weighted by molar-refractivity contribution is -0.138. The number of nitrogens with two attached hydrogens (primary N) is 1. The third-order valence-corrected chi connectivity index (χ3v) is 2.44. The molecule has 0 bridgehead atoms. The molecule has 1 atom stereocenters. The molecule has 0 amide bonds. The van der Waals surface area contributed by atoms with Crippen molar-refractivity contribution in [1.82, 2.24) is 0 Å². The first-order chi connectivity index (χ1) is 8.35. The van der Waals surface area contributed by atoms with Gasteiger partial charge >= 0.3 is 6.18 Å². The first-order valence-corrected chi connectivity index (χ1v) is 5.39. The number of alkyl halides is 3. The van der Waals surface area contributed by atoms with Gasteiger partial charge in [0.25, 0.3) is 0 Å². The minimum atomic E-state index is -4.24. The predicted molar refractivity (Wildman–Crippen MR) is 61.9 cm³/mol. The lowest BCUT2D eigenvalue weighted by Crippen LogP contribution is -2.29. The van der Waals surface area contributed by atoms with Crippen LogP contribution in [0, 0.1) is 0 Å². The van der Waals surface area contributed by atoms with Gasteiger partial charge in [-0.3, -0.25) is 0 Å². The molecule has 0 saturated heterocycles. The monoisotopic (exact) mass is 263 g/mol. The first kappa shape index (κ1) is 14.6. The van der Waals surface area contributed by atoms with E-state index in [0.717, 1.165) is 0 Å². The second kappa shape index (κ2) is 5.95. The highest BCUT2D eigenvalue weighted by atomic mass is 19.4. The molecule has 1 rings (SSSR count). The van der Waals surface area contributed by atoms with Crippen LogP contribution in [0.4, 0.5) is 13.2 Å². The molecule has 0 aliphatic heterocycles. The zero-order valence-electron chi connectivity index (χ0n) is 10.3. The Morgan fingerprint density at radius 2 is 1.78 bits per heavy atom. The van der Waals surface area contributed by atoms with E-state index in [1.54, 1.807) is 18.2 Å². The van der Waals surface area contributed by atoms with Gasteiger partial charge in [0.2, 0.25) is 0 Å². The Balaban J connectivity index is 2.73. The summed E-state index contributed by atoms with van der Waals surface area (Å²) in [7, 11) is 2.96. The van der Waals surface area contributed by atoms with Crippen molar-refractivity contribution in [2.75, 3.05) is 14.2 Å². The van der Waals surface area contributed by atoms with E-state index in [2.05, 4.69) is 0 Å². The van der Waals surface area contributed by atoms with E-state index in [9.17, 15) is 13.2 Å². The smallest absolute Gasteiger partial charge is 0.390 e. The maximum absolute atomic E-state index is 12.1. The molecule has 0 spiro atoms. The zero-order valence-corrected chi connectivity index (χ0v) is 10.3. The summed E-state index contributed by atoms with van der Waals surface area (Å²) in [5, 5.41) is 0. The van der Waals surface area contributed by atoms with E-state index >= 15 is 0 Å². The maximum Gasteiger partial charge on any atom is 0.390 e. The SMILES string of the molecule is COc1ccc(C[C@H](N)CC(F)(F)F)cc1OC. The molecule has 0 radical (unpaired) electrons. The molecule has 6 heteroatoms. The van der Waals surface area contributed by atoms with Crippen molar-refractivity contribution in [3.8, 4) is 11.5 Å². The molecule has 0 unspecified atom stereocenters. The molecular formula is C12H16F3NO2. The normalized spacial score (nSPS) is 13.2. The predicted octanol–water partition coefficient (Wildman–Crippen LogP) is 2.53. The van der Waals surface area contributed by atoms with E-state index < -0.39 is 18.6 Å². The quantitative estimate of drug-likeness (QED) is 0.887. The van der Waals surface area contributed by atoms with Crippen LogP contribution in [0.2, 0.25) is 0 Å². The van der Waals surface area contributed by atoms with Gasteiger partial charge < -0.3 is 15.2 Å². The molecule has 0 aromatic heterocycles. The lowest BCUT2D eigenvalue weighted by Gasteiger charge is -2.15. The number of rotatable bonds is 5. The largest absolute Gasteiger partial charge is 0.493 e. The Bertz CT molecular complexity index is 393. The summed E-state index contributed by atoms with van der Waals surface area (Å²) in [6, 6.07) is 4.00. The van der Waals surface area contributed by atoms with Crippen molar-refractivity contribution < 1.29 is 22.6 Å². The van der Waals surface area contributed by atoms with Gasteiger partial charge in [0, 0.05) is 6.04 Å². The second-order valence-corrected chi connectivity index (χ2v) is 3.97. The summed E-state index contributed by atoms with van der Waals surface area (Å²) in [5.74, 6) is 1.01. The van der Waals surface area contributed by atoms with Gasteiger partial charge in [0.1, 0.15) is 0 Å². The molecule has 0 saturated carbocycles. The third kappa shape index (κ3) is 4.44. The van der Waals surface area contributed by atoms with Gasteiger partial charge in [-0.25, -0.2) is 0 Å². The van der Waals surface area contributed by atoms with Crippen LogP contribution in [0.15, 0.2) is 18.2 Å². The first-order valence-electron chi connectivity index (χ1n) is 5.39. The van der Waals surface area contributed by atoms with Gasteiger partial charge in [-0.15, -0.1) is 0 Å². The van der Waals surface area contributed by atoms with Crippen molar-refractivity contribution in [1.29, 1.82) is 0 Å². The highest BCUT2D eigenvalue weighted by molar-refractivity contribution is 5.43. The summed E-state index contributed by atoms with van der Waals surface area (Å²) < 4.78 is 46.6.